The van der Waals surface area contributed by atoms with Gasteiger partial charge in [0.25, 0.3) is 0 Å². The molecule has 0 bridgehead atoms. The molecule has 0 fully saturated rings. The van der Waals surface area contributed by atoms with Crippen molar-refractivity contribution < 1.29 is 14.0 Å². The molecule has 1 unspecified atom stereocenters. The van der Waals surface area contributed by atoms with E-state index in [9.17, 15) is 14.0 Å². The molecule has 3 rings (SSSR count). The molecule has 2 amide bonds. The fourth-order valence-electron chi connectivity index (χ4n) is 3.70. The van der Waals surface area contributed by atoms with Crippen molar-refractivity contribution in [3.8, 4) is 0 Å². The molecular weight excluding hydrogens is 451 g/mol. The maximum absolute atomic E-state index is 13.6. The Kier molecular flexibility index (Phi) is 8.46. The summed E-state index contributed by atoms with van der Waals surface area (Å²) in [6, 6.07) is 22.0. The molecule has 0 heterocycles. The van der Waals surface area contributed by atoms with E-state index in [1.165, 1.54) is 12.1 Å². The Bertz CT molecular complexity index is 1110. The van der Waals surface area contributed by atoms with Gasteiger partial charge in [-0.2, -0.15) is 0 Å². The molecular formula is C28H30ClFN2O2. The topological polar surface area (TPSA) is 49.4 Å². The highest BCUT2D eigenvalue weighted by atomic mass is 35.5. The van der Waals surface area contributed by atoms with Gasteiger partial charge in [-0.05, 0) is 55.7 Å². The van der Waals surface area contributed by atoms with Gasteiger partial charge in [-0.3, -0.25) is 9.59 Å². The molecule has 34 heavy (non-hydrogen) atoms. The highest BCUT2D eigenvalue weighted by Gasteiger charge is 2.32. The van der Waals surface area contributed by atoms with Gasteiger partial charge in [-0.25, -0.2) is 4.39 Å². The lowest BCUT2D eigenvalue weighted by atomic mass is 10.00. The van der Waals surface area contributed by atoms with E-state index in [1.54, 1.807) is 23.1 Å². The van der Waals surface area contributed by atoms with Crippen LogP contribution in [0.2, 0.25) is 5.02 Å². The fraction of sp³-hybridized carbons (Fsp3) is 0.286. The predicted octanol–water partition coefficient (Wildman–Crippen LogP) is 5.58. The lowest BCUT2D eigenvalue weighted by Gasteiger charge is -2.34. The van der Waals surface area contributed by atoms with Crippen molar-refractivity contribution in [1.29, 1.82) is 0 Å². The quantitative estimate of drug-likeness (QED) is 0.457. The van der Waals surface area contributed by atoms with Gasteiger partial charge < -0.3 is 10.2 Å². The van der Waals surface area contributed by atoms with E-state index >= 15 is 0 Å². The molecule has 0 saturated heterocycles. The summed E-state index contributed by atoms with van der Waals surface area (Å²) in [7, 11) is 0. The number of benzene rings is 3. The molecule has 0 aliphatic rings. The number of hydrogen-bond acceptors (Lipinski definition) is 2. The first-order valence-electron chi connectivity index (χ1n) is 11.3. The summed E-state index contributed by atoms with van der Waals surface area (Å²) in [6.07, 6.45) is 0.390. The Labute approximate surface area is 205 Å². The minimum absolute atomic E-state index is 0.0405. The minimum atomic E-state index is -0.758. The van der Waals surface area contributed by atoms with Gasteiger partial charge in [0.1, 0.15) is 11.9 Å². The molecule has 0 radical (unpaired) electrons. The highest BCUT2D eigenvalue weighted by molar-refractivity contribution is 6.31. The van der Waals surface area contributed by atoms with Crippen LogP contribution in [0.1, 0.15) is 37.5 Å². The van der Waals surface area contributed by atoms with Crippen LogP contribution in [0.25, 0.3) is 0 Å². The smallest absolute Gasteiger partial charge is 0.243 e. The molecule has 0 aromatic heterocycles. The zero-order valence-electron chi connectivity index (χ0n) is 19.7. The number of hydrogen-bond donors (Lipinski definition) is 1. The van der Waals surface area contributed by atoms with Crippen molar-refractivity contribution in [2.24, 2.45) is 0 Å². The van der Waals surface area contributed by atoms with Gasteiger partial charge in [0.05, 0.1) is 6.42 Å². The minimum Gasteiger partial charge on any atom is -0.350 e. The number of carbonyl (C=O) groups is 2. The van der Waals surface area contributed by atoms with Crippen LogP contribution in [-0.4, -0.2) is 28.3 Å². The molecule has 1 N–H and O–H groups in total. The van der Waals surface area contributed by atoms with Crippen LogP contribution in [0.5, 0.6) is 0 Å². The van der Waals surface area contributed by atoms with Crippen molar-refractivity contribution in [1.82, 2.24) is 10.2 Å². The average molecular weight is 481 g/mol. The summed E-state index contributed by atoms with van der Waals surface area (Å²) >= 11 is 6.42. The SMILES string of the molecule is CC(C)(C)NC(=O)C(Cc1ccccc1)N(Cc1ccccc1Cl)C(=O)Cc1ccc(F)cc1. The number of nitrogens with zero attached hydrogens (tertiary/aromatic N) is 1. The zero-order chi connectivity index (χ0) is 24.7. The molecule has 0 spiro atoms. The number of amides is 2. The normalized spacial score (nSPS) is 12.1. The standard InChI is InChI=1S/C28H30ClFN2O2/c1-28(2,3)31-27(34)25(17-20-9-5-4-6-10-20)32(19-22-11-7-8-12-24(22)29)26(33)18-21-13-15-23(30)16-14-21/h4-16,25H,17-19H2,1-3H3,(H,31,34). The van der Waals surface area contributed by atoms with Gasteiger partial charge in [0.2, 0.25) is 11.8 Å². The third kappa shape index (κ3) is 7.42. The van der Waals surface area contributed by atoms with Crippen LogP contribution in [0.3, 0.4) is 0 Å². The van der Waals surface area contributed by atoms with Gasteiger partial charge in [-0.1, -0.05) is 72.3 Å². The van der Waals surface area contributed by atoms with E-state index in [-0.39, 0.29) is 30.6 Å². The molecule has 0 aliphatic carbocycles. The van der Waals surface area contributed by atoms with Gasteiger partial charge in [0, 0.05) is 23.5 Å². The van der Waals surface area contributed by atoms with Crippen LogP contribution in [-0.2, 0) is 29.0 Å². The molecule has 1 atom stereocenters. The molecule has 3 aromatic rings. The molecule has 4 nitrogen and oxygen atoms in total. The average Bonchev–Trinajstić information content (AvgIpc) is 2.78. The third-order valence-corrected chi connectivity index (χ3v) is 5.71. The fourth-order valence-corrected chi connectivity index (χ4v) is 3.89. The van der Waals surface area contributed by atoms with Crippen LogP contribution in [0.4, 0.5) is 4.39 Å². The lowest BCUT2D eigenvalue weighted by molar-refractivity contribution is -0.141. The summed E-state index contributed by atoms with van der Waals surface area (Å²) in [5.41, 5.74) is 1.89. The number of rotatable bonds is 8. The molecule has 0 saturated carbocycles. The number of carbonyl (C=O) groups excluding carboxylic acids is 2. The summed E-state index contributed by atoms with van der Waals surface area (Å²) < 4.78 is 13.4. The summed E-state index contributed by atoms with van der Waals surface area (Å²) in [5, 5.41) is 3.56. The Morgan fingerprint density at radius 2 is 1.53 bits per heavy atom. The first-order valence-corrected chi connectivity index (χ1v) is 11.6. The second-order valence-electron chi connectivity index (χ2n) is 9.36. The number of nitrogens with one attached hydrogen (secondary N) is 1. The van der Waals surface area contributed by atoms with E-state index in [2.05, 4.69) is 5.32 Å². The van der Waals surface area contributed by atoms with Gasteiger partial charge in [0.15, 0.2) is 0 Å². The van der Waals surface area contributed by atoms with E-state index in [4.69, 9.17) is 11.6 Å². The van der Waals surface area contributed by atoms with Crippen molar-refractivity contribution in [2.45, 2.75) is 51.7 Å². The largest absolute Gasteiger partial charge is 0.350 e. The van der Waals surface area contributed by atoms with Crippen molar-refractivity contribution in [3.05, 3.63) is 106 Å². The summed E-state index contributed by atoms with van der Waals surface area (Å²) in [6.45, 7) is 5.89. The second kappa shape index (κ2) is 11.3. The van der Waals surface area contributed by atoms with E-state index < -0.39 is 11.6 Å². The molecule has 0 aliphatic heterocycles. The summed E-state index contributed by atoms with van der Waals surface area (Å²) in [4.78, 5) is 28.7. The summed E-state index contributed by atoms with van der Waals surface area (Å²) in [5.74, 6) is -0.844. The lowest BCUT2D eigenvalue weighted by Crippen LogP contribution is -2.54. The van der Waals surface area contributed by atoms with Crippen LogP contribution < -0.4 is 5.32 Å². The Hall–Kier alpha value is -3.18. The van der Waals surface area contributed by atoms with Crippen molar-refractivity contribution in [3.63, 3.8) is 0 Å². The van der Waals surface area contributed by atoms with Gasteiger partial charge in [-0.15, -0.1) is 0 Å². The monoisotopic (exact) mass is 480 g/mol. The van der Waals surface area contributed by atoms with Crippen molar-refractivity contribution in [2.75, 3.05) is 0 Å². The highest BCUT2D eigenvalue weighted by Crippen LogP contribution is 2.22. The second-order valence-corrected chi connectivity index (χ2v) is 9.77. The Morgan fingerprint density at radius 1 is 0.912 bits per heavy atom. The maximum atomic E-state index is 13.6. The van der Waals surface area contributed by atoms with Crippen LogP contribution >= 0.6 is 11.6 Å². The van der Waals surface area contributed by atoms with Crippen LogP contribution in [0, 0.1) is 5.82 Å². The van der Waals surface area contributed by atoms with E-state index in [0.29, 0.717) is 17.0 Å². The molecule has 178 valence electrons. The maximum Gasteiger partial charge on any atom is 0.243 e. The van der Waals surface area contributed by atoms with Gasteiger partial charge >= 0.3 is 0 Å². The first kappa shape index (κ1) is 25.4. The predicted molar refractivity (Wildman–Crippen MR) is 134 cm³/mol. The van der Waals surface area contributed by atoms with E-state index in [0.717, 1.165) is 11.1 Å². The molecule has 3 aromatic carbocycles. The first-order chi connectivity index (χ1) is 16.1. The van der Waals surface area contributed by atoms with E-state index in [1.807, 2.05) is 69.3 Å². The van der Waals surface area contributed by atoms with Crippen molar-refractivity contribution >= 4 is 23.4 Å². The number of halogens is 2. The third-order valence-electron chi connectivity index (χ3n) is 5.34. The van der Waals surface area contributed by atoms with Crippen LogP contribution in [0.15, 0.2) is 78.9 Å². The Morgan fingerprint density at radius 3 is 2.15 bits per heavy atom. The Balaban J connectivity index is 1.99. The molecule has 6 heteroatoms. The zero-order valence-corrected chi connectivity index (χ0v) is 20.5.